The Morgan fingerprint density at radius 1 is 1.29 bits per heavy atom. The lowest BCUT2D eigenvalue weighted by atomic mass is 10.2. The monoisotopic (exact) mass is 296 g/mol. The molecule has 1 aromatic rings. The van der Waals surface area contributed by atoms with Crippen LogP contribution in [0.25, 0.3) is 0 Å². The predicted octanol–water partition coefficient (Wildman–Crippen LogP) is 3.66. The fourth-order valence-corrected chi connectivity index (χ4v) is 2.54. The Kier molecular flexibility index (Phi) is 4.86. The van der Waals surface area contributed by atoms with Crippen molar-refractivity contribution in [1.29, 1.82) is 0 Å². The first kappa shape index (κ1) is 12.9. The van der Waals surface area contributed by atoms with Crippen LogP contribution in [0.15, 0.2) is 22.7 Å². The van der Waals surface area contributed by atoms with Gasteiger partial charge in [0.05, 0.1) is 0 Å². The first-order chi connectivity index (χ1) is 8.25. The normalized spacial score (nSPS) is 16.4. The van der Waals surface area contributed by atoms with Crippen molar-refractivity contribution < 1.29 is 0 Å². The number of hydrogen-bond acceptors (Lipinski definition) is 2. The van der Waals surface area contributed by atoms with Crippen LogP contribution in [-0.2, 0) is 0 Å². The Hall–Kier alpha value is -0.540. The van der Waals surface area contributed by atoms with Gasteiger partial charge in [0.1, 0.15) is 0 Å². The minimum Gasteiger partial charge on any atom is -0.385 e. The highest BCUT2D eigenvalue weighted by molar-refractivity contribution is 9.10. The van der Waals surface area contributed by atoms with Crippen molar-refractivity contribution in [1.82, 2.24) is 4.90 Å². The van der Waals surface area contributed by atoms with Gasteiger partial charge in [0.2, 0.25) is 0 Å². The van der Waals surface area contributed by atoms with Crippen LogP contribution in [0, 0.1) is 6.92 Å². The zero-order chi connectivity index (χ0) is 12.1. The molecule has 2 nitrogen and oxygen atoms in total. The van der Waals surface area contributed by atoms with Crippen molar-refractivity contribution in [3.63, 3.8) is 0 Å². The average Bonchev–Trinajstić information content (AvgIpc) is 2.82. The molecule has 0 unspecified atom stereocenters. The van der Waals surface area contributed by atoms with E-state index in [0.29, 0.717) is 0 Å². The van der Waals surface area contributed by atoms with E-state index in [1.54, 1.807) is 0 Å². The summed E-state index contributed by atoms with van der Waals surface area (Å²) >= 11 is 3.52. The molecule has 1 aliphatic rings. The minimum absolute atomic E-state index is 1.07. The second-order valence-corrected chi connectivity index (χ2v) is 5.65. The van der Waals surface area contributed by atoms with Gasteiger partial charge < -0.3 is 10.2 Å². The standard InChI is InChI=1S/C14H21BrN2/c1-12-11-13(5-6-14(12)15)16-7-4-10-17-8-2-3-9-17/h5-6,11,16H,2-4,7-10H2,1H3. The first-order valence-electron chi connectivity index (χ1n) is 6.48. The fraction of sp³-hybridized carbons (Fsp3) is 0.571. The van der Waals surface area contributed by atoms with E-state index >= 15 is 0 Å². The molecule has 1 heterocycles. The summed E-state index contributed by atoms with van der Waals surface area (Å²) in [7, 11) is 0. The van der Waals surface area contributed by atoms with Gasteiger partial charge in [0, 0.05) is 16.7 Å². The highest BCUT2D eigenvalue weighted by atomic mass is 79.9. The van der Waals surface area contributed by atoms with Crippen LogP contribution in [0.2, 0.25) is 0 Å². The molecule has 1 aliphatic heterocycles. The fourth-order valence-electron chi connectivity index (χ4n) is 2.30. The Balaban J connectivity index is 1.68. The molecule has 0 spiro atoms. The van der Waals surface area contributed by atoms with Crippen LogP contribution < -0.4 is 5.32 Å². The number of anilines is 1. The summed E-state index contributed by atoms with van der Waals surface area (Å²) in [6.45, 7) is 7.04. The van der Waals surface area contributed by atoms with E-state index in [2.05, 4.69) is 51.3 Å². The van der Waals surface area contributed by atoms with Crippen molar-refractivity contribution in [2.45, 2.75) is 26.2 Å². The van der Waals surface area contributed by atoms with Crippen molar-refractivity contribution in [3.05, 3.63) is 28.2 Å². The number of nitrogens with one attached hydrogen (secondary N) is 1. The molecule has 0 bridgehead atoms. The molecule has 0 aromatic heterocycles. The van der Waals surface area contributed by atoms with Crippen LogP contribution in [0.5, 0.6) is 0 Å². The van der Waals surface area contributed by atoms with Crippen molar-refractivity contribution in [3.8, 4) is 0 Å². The third-order valence-electron chi connectivity index (χ3n) is 3.34. The van der Waals surface area contributed by atoms with E-state index in [0.717, 1.165) is 6.54 Å². The molecule has 2 rings (SSSR count). The molecule has 1 aromatic carbocycles. The molecule has 0 saturated carbocycles. The minimum atomic E-state index is 1.07. The number of aryl methyl sites for hydroxylation is 1. The highest BCUT2D eigenvalue weighted by Gasteiger charge is 2.09. The van der Waals surface area contributed by atoms with Crippen LogP contribution in [0.1, 0.15) is 24.8 Å². The topological polar surface area (TPSA) is 15.3 Å². The van der Waals surface area contributed by atoms with Crippen LogP contribution in [0.4, 0.5) is 5.69 Å². The molecule has 1 saturated heterocycles. The molecule has 1 fully saturated rings. The summed E-state index contributed by atoms with van der Waals surface area (Å²) in [5.41, 5.74) is 2.52. The Bertz CT molecular complexity index is 359. The van der Waals surface area contributed by atoms with Gasteiger partial charge in [0.15, 0.2) is 0 Å². The zero-order valence-corrected chi connectivity index (χ0v) is 12.1. The van der Waals surface area contributed by atoms with E-state index in [1.165, 1.54) is 54.6 Å². The molecule has 0 atom stereocenters. The smallest absolute Gasteiger partial charge is 0.0343 e. The molecule has 0 radical (unpaired) electrons. The van der Waals surface area contributed by atoms with E-state index in [1.807, 2.05) is 0 Å². The number of halogens is 1. The third-order valence-corrected chi connectivity index (χ3v) is 4.23. The molecule has 94 valence electrons. The predicted molar refractivity (Wildman–Crippen MR) is 77.7 cm³/mol. The number of hydrogen-bond donors (Lipinski definition) is 1. The maximum absolute atomic E-state index is 3.52. The summed E-state index contributed by atoms with van der Waals surface area (Å²) in [5.74, 6) is 0. The lowest BCUT2D eigenvalue weighted by Gasteiger charge is -2.14. The Labute approximate surface area is 113 Å². The second kappa shape index (κ2) is 6.41. The summed E-state index contributed by atoms with van der Waals surface area (Å²) < 4.78 is 1.18. The molecule has 3 heteroatoms. The lowest BCUT2D eigenvalue weighted by molar-refractivity contribution is 0.337. The third kappa shape index (κ3) is 4.00. The molecule has 0 aliphatic carbocycles. The Morgan fingerprint density at radius 2 is 2.06 bits per heavy atom. The number of rotatable bonds is 5. The van der Waals surface area contributed by atoms with Gasteiger partial charge in [-0.05, 0) is 69.6 Å². The van der Waals surface area contributed by atoms with E-state index in [-0.39, 0.29) is 0 Å². The van der Waals surface area contributed by atoms with Crippen LogP contribution in [-0.4, -0.2) is 31.1 Å². The summed E-state index contributed by atoms with van der Waals surface area (Å²) in [4.78, 5) is 2.56. The van der Waals surface area contributed by atoms with E-state index in [9.17, 15) is 0 Å². The van der Waals surface area contributed by atoms with Crippen molar-refractivity contribution >= 4 is 21.6 Å². The molecule has 1 N–H and O–H groups in total. The highest BCUT2D eigenvalue weighted by Crippen LogP contribution is 2.19. The van der Waals surface area contributed by atoms with Crippen molar-refractivity contribution in [2.75, 3.05) is 31.5 Å². The van der Waals surface area contributed by atoms with E-state index in [4.69, 9.17) is 0 Å². The summed E-state index contributed by atoms with van der Waals surface area (Å²) in [5, 5.41) is 3.49. The van der Waals surface area contributed by atoms with Crippen molar-refractivity contribution in [2.24, 2.45) is 0 Å². The largest absolute Gasteiger partial charge is 0.385 e. The van der Waals surface area contributed by atoms with Crippen LogP contribution >= 0.6 is 15.9 Å². The van der Waals surface area contributed by atoms with E-state index < -0.39 is 0 Å². The zero-order valence-electron chi connectivity index (χ0n) is 10.5. The first-order valence-corrected chi connectivity index (χ1v) is 7.27. The summed E-state index contributed by atoms with van der Waals surface area (Å²) in [6.07, 6.45) is 4.01. The molecule has 17 heavy (non-hydrogen) atoms. The molecule has 0 amide bonds. The van der Waals surface area contributed by atoms with Gasteiger partial charge in [-0.15, -0.1) is 0 Å². The number of nitrogens with zero attached hydrogens (tertiary/aromatic N) is 1. The van der Waals surface area contributed by atoms with Gasteiger partial charge >= 0.3 is 0 Å². The lowest BCUT2D eigenvalue weighted by Crippen LogP contribution is -2.22. The molecular formula is C14H21BrN2. The summed E-state index contributed by atoms with van der Waals surface area (Å²) in [6, 6.07) is 6.44. The van der Waals surface area contributed by atoms with Gasteiger partial charge in [-0.25, -0.2) is 0 Å². The Morgan fingerprint density at radius 3 is 2.76 bits per heavy atom. The number of benzene rings is 1. The maximum Gasteiger partial charge on any atom is 0.0343 e. The van der Waals surface area contributed by atoms with Gasteiger partial charge in [-0.1, -0.05) is 15.9 Å². The average molecular weight is 297 g/mol. The van der Waals surface area contributed by atoms with Gasteiger partial charge in [0.25, 0.3) is 0 Å². The number of likely N-dealkylation sites (tertiary alicyclic amines) is 1. The maximum atomic E-state index is 3.52. The molecular weight excluding hydrogens is 276 g/mol. The SMILES string of the molecule is Cc1cc(NCCCN2CCCC2)ccc1Br. The second-order valence-electron chi connectivity index (χ2n) is 4.79. The van der Waals surface area contributed by atoms with Crippen LogP contribution in [0.3, 0.4) is 0 Å². The van der Waals surface area contributed by atoms with Gasteiger partial charge in [-0.2, -0.15) is 0 Å². The quantitative estimate of drug-likeness (QED) is 0.835. The van der Waals surface area contributed by atoms with Gasteiger partial charge in [-0.3, -0.25) is 0 Å².